The summed E-state index contributed by atoms with van der Waals surface area (Å²) >= 11 is 0. The fourth-order valence-electron chi connectivity index (χ4n) is 1.55. The van der Waals surface area contributed by atoms with Crippen molar-refractivity contribution in [2.75, 3.05) is 20.1 Å². The van der Waals surface area contributed by atoms with Gasteiger partial charge in [0.2, 0.25) is 0 Å². The molecule has 0 fully saturated rings. The Labute approximate surface area is 75.8 Å². The normalized spacial score (nSPS) is 27.2. The van der Waals surface area contributed by atoms with Gasteiger partial charge in [-0.3, -0.25) is 0 Å². The van der Waals surface area contributed by atoms with E-state index in [1.165, 1.54) is 18.5 Å². The van der Waals surface area contributed by atoms with E-state index in [4.69, 9.17) is 0 Å². The van der Waals surface area contributed by atoms with Crippen LogP contribution in [-0.4, -0.2) is 25.0 Å². The van der Waals surface area contributed by atoms with Gasteiger partial charge in [0.15, 0.2) is 0 Å². The van der Waals surface area contributed by atoms with Crippen molar-refractivity contribution in [3.8, 4) is 0 Å². The predicted octanol–water partition coefficient (Wildman–Crippen LogP) is 2.46. The van der Waals surface area contributed by atoms with E-state index in [1.54, 1.807) is 0 Å². The Morgan fingerprint density at radius 3 is 3.00 bits per heavy atom. The van der Waals surface area contributed by atoms with Crippen molar-refractivity contribution in [3.05, 3.63) is 23.8 Å². The first-order chi connectivity index (χ1) is 5.74. The molecule has 1 heteroatoms. The largest absolute Gasteiger partial charge is 0.303 e. The van der Waals surface area contributed by atoms with Gasteiger partial charge in [0, 0.05) is 6.54 Å². The highest BCUT2D eigenvalue weighted by atomic mass is 15.1. The number of hydrogen-bond acceptors (Lipinski definition) is 1. The van der Waals surface area contributed by atoms with Crippen LogP contribution in [-0.2, 0) is 0 Å². The lowest BCUT2D eigenvalue weighted by Gasteiger charge is -2.14. The Kier molecular flexibility index (Phi) is 3.54. The molecule has 0 aromatic heterocycles. The standard InChI is InChI=1S/C11H19N/c1-4-10(2)11-6-5-8-12(3)9-7-11/h4-6,11H,7-9H2,1-3H3. The molecule has 0 amide bonds. The summed E-state index contributed by atoms with van der Waals surface area (Å²) in [5.74, 6) is 0.681. The molecule has 12 heavy (non-hydrogen) atoms. The first-order valence-corrected chi connectivity index (χ1v) is 4.72. The topological polar surface area (TPSA) is 3.24 Å². The Morgan fingerprint density at radius 1 is 1.58 bits per heavy atom. The maximum absolute atomic E-state index is 2.36. The second-order valence-electron chi connectivity index (χ2n) is 3.62. The third kappa shape index (κ3) is 2.49. The van der Waals surface area contributed by atoms with E-state index >= 15 is 0 Å². The van der Waals surface area contributed by atoms with Gasteiger partial charge in [-0.1, -0.05) is 23.8 Å². The summed E-state index contributed by atoms with van der Waals surface area (Å²) in [5.41, 5.74) is 1.50. The smallest absolute Gasteiger partial charge is 0.0160 e. The van der Waals surface area contributed by atoms with Crippen LogP contribution in [0.4, 0.5) is 0 Å². The zero-order chi connectivity index (χ0) is 8.97. The van der Waals surface area contributed by atoms with Gasteiger partial charge < -0.3 is 4.90 Å². The Hall–Kier alpha value is -0.560. The van der Waals surface area contributed by atoms with Crippen molar-refractivity contribution >= 4 is 0 Å². The van der Waals surface area contributed by atoms with Crippen molar-refractivity contribution in [3.63, 3.8) is 0 Å². The molecular weight excluding hydrogens is 146 g/mol. The lowest BCUT2D eigenvalue weighted by Crippen LogP contribution is -2.19. The van der Waals surface area contributed by atoms with Crippen molar-refractivity contribution in [2.24, 2.45) is 5.92 Å². The number of nitrogens with zero attached hydrogens (tertiary/aromatic N) is 1. The average molecular weight is 165 g/mol. The number of rotatable bonds is 1. The molecule has 1 nitrogen and oxygen atoms in total. The molecule has 0 saturated carbocycles. The van der Waals surface area contributed by atoms with E-state index < -0.39 is 0 Å². The molecule has 0 aliphatic carbocycles. The summed E-state index contributed by atoms with van der Waals surface area (Å²) in [6.07, 6.45) is 8.12. The summed E-state index contributed by atoms with van der Waals surface area (Å²) < 4.78 is 0. The molecule has 1 unspecified atom stereocenters. The van der Waals surface area contributed by atoms with Crippen LogP contribution >= 0.6 is 0 Å². The first kappa shape index (κ1) is 9.53. The minimum atomic E-state index is 0.681. The predicted molar refractivity (Wildman–Crippen MR) is 54.2 cm³/mol. The van der Waals surface area contributed by atoms with Crippen LogP contribution < -0.4 is 0 Å². The molecule has 0 radical (unpaired) electrons. The van der Waals surface area contributed by atoms with Gasteiger partial charge in [-0.05, 0) is 39.8 Å². The van der Waals surface area contributed by atoms with Crippen LogP contribution in [0.15, 0.2) is 23.8 Å². The first-order valence-electron chi connectivity index (χ1n) is 4.72. The molecule has 0 aromatic carbocycles. The van der Waals surface area contributed by atoms with Crippen molar-refractivity contribution < 1.29 is 0 Å². The quantitative estimate of drug-likeness (QED) is 0.539. The van der Waals surface area contributed by atoms with E-state index in [9.17, 15) is 0 Å². The van der Waals surface area contributed by atoms with Crippen LogP contribution in [0.2, 0.25) is 0 Å². The van der Waals surface area contributed by atoms with Gasteiger partial charge in [0.1, 0.15) is 0 Å². The molecule has 0 saturated heterocycles. The van der Waals surface area contributed by atoms with Crippen LogP contribution in [0.25, 0.3) is 0 Å². The molecule has 68 valence electrons. The van der Waals surface area contributed by atoms with Crippen molar-refractivity contribution in [1.29, 1.82) is 0 Å². The van der Waals surface area contributed by atoms with E-state index in [0.29, 0.717) is 5.92 Å². The fraction of sp³-hybridized carbons (Fsp3) is 0.636. The van der Waals surface area contributed by atoms with E-state index in [1.807, 2.05) is 0 Å². The monoisotopic (exact) mass is 165 g/mol. The van der Waals surface area contributed by atoms with Crippen LogP contribution in [0, 0.1) is 5.92 Å². The minimum absolute atomic E-state index is 0.681. The second-order valence-corrected chi connectivity index (χ2v) is 3.62. The maximum Gasteiger partial charge on any atom is 0.0160 e. The summed E-state index contributed by atoms with van der Waals surface area (Å²) in [6, 6.07) is 0. The summed E-state index contributed by atoms with van der Waals surface area (Å²) in [4.78, 5) is 2.36. The molecule has 0 N–H and O–H groups in total. The lowest BCUT2D eigenvalue weighted by molar-refractivity contribution is 0.361. The zero-order valence-corrected chi connectivity index (χ0v) is 8.38. The fourth-order valence-corrected chi connectivity index (χ4v) is 1.55. The number of likely N-dealkylation sites (N-methyl/N-ethyl adjacent to an activating group) is 1. The third-order valence-corrected chi connectivity index (χ3v) is 2.65. The Balaban J connectivity index is 2.57. The molecule has 1 rings (SSSR count). The van der Waals surface area contributed by atoms with E-state index in [0.717, 1.165) is 6.54 Å². The average Bonchev–Trinajstić information content (AvgIpc) is 2.29. The summed E-state index contributed by atoms with van der Waals surface area (Å²) in [6.45, 7) is 6.66. The van der Waals surface area contributed by atoms with E-state index in [-0.39, 0.29) is 0 Å². The van der Waals surface area contributed by atoms with Gasteiger partial charge in [-0.15, -0.1) is 0 Å². The minimum Gasteiger partial charge on any atom is -0.303 e. The highest BCUT2D eigenvalue weighted by Crippen LogP contribution is 2.18. The van der Waals surface area contributed by atoms with Gasteiger partial charge in [-0.25, -0.2) is 0 Å². The zero-order valence-electron chi connectivity index (χ0n) is 8.38. The molecule has 0 aromatic rings. The van der Waals surface area contributed by atoms with Crippen molar-refractivity contribution in [1.82, 2.24) is 4.90 Å². The Morgan fingerprint density at radius 2 is 2.33 bits per heavy atom. The highest BCUT2D eigenvalue weighted by molar-refractivity contribution is 5.11. The molecule has 0 bridgehead atoms. The number of hydrogen-bond donors (Lipinski definition) is 0. The van der Waals surface area contributed by atoms with Gasteiger partial charge in [-0.2, -0.15) is 0 Å². The molecule has 1 atom stereocenters. The lowest BCUT2D eigenvalue weighted by atomic mass is 9.97. The molecule has 1 aliphatic heterocycles. The third-order valence-electron chi connectivity index (χ3n) is 2.65. The van der Waals surface area contributed by atoms with Gasteiger partial charge in [0.25, 0.3) is 0 Å². The SMILES string of the molecule is CC=C(C)C1C=CCN(C)CC1. The van der Waals surface area contributed by atoms with Gasteiger partial charge >= 0.3 is 0 Å². The van der Waals surface area contributed by atoms with Gasteiger partial charge in [0.05, 0.1) is 0 Å². The molecule has 1 aliphatic rings. The Bertz CT molecular complexity index is 191. The second kappa shape index (κ2) is 4.46. The maximum atomic E-state index is 2.36. The van der Waals surface area contributed by atoms with Crippen molar-refractivity contribution in [2.45, 2.75) is 20.3 Å². The summed E-state index contributed by atoms with van der Waals surface area (Å²) in [7, 11) is 2.18. The van der Waals surface area contributed by atoms with E-state index in [2.05, 4.69) is 44.0 Å². The number of allylic oxidation sites excluding steroid dienone is 3. The summed E-state index contributed by atoms with van der Waals surface area (Å²) in [5, 5.41) is 0. The van der Waals surface area contributed by atoms with Crippen LogP contribution in [0.5, 0.6) is 0 Å². The highest BCUT2D eigenvalue weighted by Gasteiger charge is 2.10. The van der Waals surface area contributed by atoms with Crippen LogP contribution in [0.3, 0.4) is 0 Å². The molecular formula is C11H19N. The molecule has 1 heterocycles. The molecule has 0 spiro atoms. The van der Waals surface area contributed by atoms with Crippen LogP contribution in [0.1, 0.15) is 20.3 Å².